The molecular weight excluding hydrogens is 120 g/mol. The van der Waals surface area contributed by atoms with Crippen LogP contribution in [0.25, 0.3) is 0 Å². The van der Waals surface area contributed by atoms with Crippen molar-refractivity contribution in [2.75, 3.05) is 0 Å². The Bertz CT molecular complexity index is 94.6. The van der Waals surface area contributed by atoms with E-state index in [9.17, 15) is 0 Å². The van der Waals surface area contributed by atoms with E-state index in [-0.39, 0.29) is 0 Å². The van der Waals surface area contributed by atoms with E-state index in [1.54, 1.807) is 19.3 Å². The van der Waals surface area contributed by atoms with E-state index >= 15 is 0 Å². The standard InChI is InChI=1S/C10H18/c1-2-4-6-9-8-10(9)7-5-3-1/h9-10H,1-8H2/t9-,10-/m0/s1. The van der Waals surface area contributed by atoms with Crippen molar-refractivity contribution >= 4 is 0 Å². The van der Waals surface area contributed by atoms with E-state index in [1.165, 1.54) is 43.9 Å². The van der Waals surface area contributed by atoms with Crippen molar-refractivity contribution in [3.8, 4) is 0 Å². The molecule has 0 spiro atoms. The lowest BCUT2D eigenvalue weighted by Crippen LogP contribution is -1.80. The summed E-state index contributed by atoms with van der Waals surface area (Å²) in [5.74, 6) is 2.36. The van der Waals surface area contributed by atoms with Gasteiger partial charge in [0, 0.05) is 0 Å². The fourth-order valence-corrected chi connectivity index (χ4v) is 2.36. The summed E-state index contributed by atoms with van der Waals surface area (Å²) in [6.07, 6.45) is 12.3. The number of fused-ring (bicyclic) bond motifs is 1. The molecule has 2 atom stereocenters. The maximum Gasteiger partial charge on any atom is -0.0383 e. The maximum atomic E-state index is 1.58. The van der Waals surface area contributed by atoms with Gasteiger partial charge >= 0.3 is 0 Å². The second kappa shape index (κ2) is 2.94. The monoisotopic (exact) mass is 138 g/mol. The second-order valence-corrected chi connectivity index (χ2v) is 4.10. The Labute approximate surface area is 64.0 Å². The van der Waals surface area contributed by atoms with Crippen LogP contribution in [0.5, 0.6) is 0 Å². The van der Waals surface area contributed by atoms with E-state index in [4.69, 9.17) is 0 Å². The first-order chi connectivity index (χ1) is 4.97. The average Bonchev–Trinajstić information content (AvgIpc) is 2.66. The van der Waals surface area contributed by atoms with E-state index in [2.05, 4.69) is 0 Å². The Balaban J connectivity index is 1.77. The van der Waals surface area contributed by atoms with Crippen LogP contribution in [0, 0.1) is 11.8 Å². The molecule has 0 aromatic rings. The van der Waals surface area contributed by atoms with Crippen molar-refractivity contribution < 1.29 is 0 Å². The first-order valence-electron chi connectivity index (χ1n) is 4.97. The van der Waals surface area contributed by atoms with E-state index in [0.29, 0.717) is 0 Å². The number of hydrogen-bond acceptors (Lipinski definition) is 0. The zero-order valence-corrected chi connectivity index (χ0v) is 6.81. The van der Waals surface area contributed by atoms with Crippen molar-refractivity contribution in [3.05, 3.63) is 0 Å². The highest BCUT2D eigenvalue weighted by Crippen LogP contribution is 2.46. The Morgan fingerprint density at radius 3 is 1.70 bits per heavy atom. The molecule has 0 N–H and O–H groups in total. The third kappa shape index (κ3) is 1.53. The molecule has 10 heavy (non-hydrogen) atoms. The van der Waals surface area contributed by atoms with Crippen LogP contribution < -0.4 is 0 Å². The normalized spacial score (nSPS) is 40.8. The van der Waals surface area contributed by atoms with Gasteiger partial charge in [0.15, 0.2) is 0 Å². The molecule has 0 heterocycles. The topological polar surface area (TPSA) is 0 Å². The Morgan fingerprint density at radius 1 is 0.600 bits per heavy atom. The molecule has 0 unspecified atom stereocenters. The van der Waals surface area contributed by atoms with Crippen molar-refractivity contribution in [2.24, 2.45) is 11.8 Å². The average molecular weight is 138 g/mol. The molecule has 2 rings (SSSR count). The van der Waals surface area contributed by atoms with Gasteiger partial charge in [-0.1, -0.05) is 44.9 Å². The maximum absolute atomic E-state index is 1.58. The molecule has 0 bridgehead atoms. The fraction of sp³-hybridized carbons (Fsp3) is 1.00. The molecule has 0 aliphatic heterocycles. The van der Waals surface area contributed by atoms with Crippen LogP contribution in [0.3, 0.4) is 0 Å². The van der Waals surface area contributed by atoms with Crippen LogP contribution in [0.1, 0.15) is 51.4 Å². The van der Waals surface area contributed by atoms with Crippen LogP contribution in [0.4, 0.5) is 0 Å². The van der Waals surface area contributed by atoms with Gasteiger partial charge in [0.25, 0.3) is 0 Å². The first-order valence-corrected chi connectivity index (χ1v) is 4.97. The number of hydrogen-bond donors (Lipinski definition) is 0. The molecule has 2 fully saturated rings. The van der Waals surface area contributed by atoms with Crippen molar-refractivity contribution in [1.29, 1.82) is 0 Å². The molecule has 2 aliphatic carbocycles. The summed E-state index contributed by atoms with van der Waals surface area (Å²) in [6.45, 7) is 0. The largest absolute Gasteiger partial charge is 0.0533 e. The van der Waals surface area contributed by atoms with Crippen LogP contribution in [-0.4, -0.2) is 0 Å². The Morgan fingerprint density at radius 2 is 1.10 bits per heavy atom. The zero-order chi connectivity index (χ0) is 6.81. The molecule has 0 radical (unpaired) electrons. The predicted octanol–water partition coefficient (Wildman–Crippen LogP) is 3.37. The van der Waals surface area contributed by atoms with Gasteiger partial charge in [-0.05, 0) is 18.3 Å². The molecule has 58 valence electrons. The minimum absolute atomic E-state index is 1.18. The van der Waals surface area contributed by atoms with Crippen LogP contribution in [0.2, 0.25) is 0 Å². The lowest BCUT2D eigenvalue weighted by molar-refractivity contribution is 0.593. The van der Waals surface area contributed by atoms with Crippen molar-refractivity contribution in [1.82, 2.24) is 0 Å². The van der Waals surface area contributed by atoms with Gasteiger partial charge in [-0.2, -0.15) is 0 Å². The minimum Gasteiger partial charge on any atom is -0.0533 e. The summed E-state index contributed by atoms with van der Waals surface area (Å²) in [6, 6.07) is 0. The molecule has 2 aliphatic rings. The number of rotatable bonds is 0. The third-order valence-corrected chi connectivity index (χ3v) is 3.22. The molecular formula is C10H18. The van der Waals surface area contributed by atoms with Crippen molar-refractivity contribution in [3.63, 3.8) is 0 Å². The van der Waals surface area contributed by atoms with Gasteiger partial charge in [0.2, 0.25) is 0 Å². The van der Waals surface area contributed by atoms with Gasteiger partial charge in [-0.25, -0.2) is 0 Å². The SMILES string of the molecule is C1CCC[C@H]2C[C@@H]2CCC1. The van der Waals surface area contributed by atoms with Crippen molar-refractivity contribution in [2.45, 2.75) is 51.4 Å². The molecule has 0 amide bonds. The lowest BCUT2D eigenvalue weighted by Gasteiger charge is -1.96. The van der Waals surface area contributed by atoms with Crippen LogP contribution in [-0.2, 0) is 0 Å². The summed E-state index contributed by atoms with van der Waals surface area (Å²) in [5, 5.41) is 0. The van der Waals surface area contributed by atoms with E-state index in [1.807, 2.05) is 0 Å². The summed E-state index contributed by atoms with van der Waals surface area (Å²) in [7, 11) is 0. The highest BCUT2D eigenvalue weighted by Gasteiger charge is 2.35. The van der Waals surface area contributed by atoms with Gasteiger partial charge in [0.1, 0.15) is 0 Å². The molecule has 0 nitrogen and oxygen atoms in total. The zero-order valence-electron chi connectivity index (χ0n) is 6.81. The van der Waals surface area contributed by atoms with Crippen LogP contribution >= 0.6 is 0 Å². The molecule has 0 heteroatoms. The third-order valence-electron chi connectivity index (χ3n) is 3.22. The molecule has 0 saturated heterocycles. The summed E-state index contributed by atoms with van der Waals surface area (Å²) >= 11 is 0. The van der Waals surface area contributed by atoms with Gasteiger partial charge in [-0.3, -0.25) is 0 Å². The summed E-state index contributed by atoms with van der Waals surface area (Å²) < 4.78 is 0. The Kier molecular flexibility index (Phi) is 1.97. The quantitative estimate of drug-likeness (QED) is 0.481. The molecule has 0 aromatic carbocycles. The van der Waals surface area contributed by atoms with Crippen LogP contribution in [0.15, 0.2) is 0 Å². The van der Waals surface area contributed by atoms with Gasteiger partial charge < -0.3 is 0 Å². The van der Waals surface area contributed by atoms with Gasteiger partial charge in [-0.15, -0.1) is 0 Å². The minimum atomic E-state index is 1.18. The van der Waals surface area contributed by atoms with E-state index < -0.39 is 0 Å². The van der Waals surface area contributed by atoms with E-state index in [0.717, 1.165) is 0 Å². The first kappa shape index (κ1) is 6.69. The lowest BCUT2D eigenvalue weighted by atomic mass is 10.1. The second-order valence-electron chi connectivity index (χ2n) is 4.10. The highest BCUT2D eigenvalue weighted by atomic mass is 14.4. The molecule has 0 aromatic heterocycles. The van der Waals surface area contributed by atoms with Gasteiger partial charge in [0.05, 0.1) is 0 Å². The smallest absolute Gasteiger partial charge is 0.0383 e. The fourth-order valence-electron chi connectivity index (χ4n) is 2.36. The summed E-state index contributed by atoms with van der Waals surface area (Å²) in [5.41, 5.74) is 0. The predicted molar refractivity (Wildman–Crippen MR) is 43.9 cm³/mol. The Hall–Kier alpha value is 0. The highest BCUT2D eigenvalue weighted by molar-refractivity contribution is 4.86. The summed E-state index contributed by atoms with van der Waals surface area (Å²) in [4.78, 5) is 0. The molecule has 2 saturated carbocycles.